The molecule has 4 aromatic rings. The fraction of sp³-hybridized carbons (Fsp3) is 0.400. The average Bonchev–Trinajstić information content (AvgIpc) is 3.32. The second kappa shape index (κ2) is 14.5. The summed E-state index contributed by atoms with van der Waals surface area (Å²) in [6.07, 6.45) is 0.661. The van der Waals surface area contributed by atoms with Crippen LogP contribution in [0.4, 0.5) is 10.6 Å². The quantitative estimate of drug-likeness (QED) is 0.0448. The third kappa shape index (κ3) is 8.65. The maximum atomic E-state index is 12.9. The second-order valence-corrected chi connectivity index (χ2v) is 10.5. The molecule has 0 atom stereocenters. The maximum absolute atomic E-state index is 12.9. The number of imidazole rings is 1. The van der Waals surface area contributed by atoms with Crippen molar-refractivity contribution in [1.29, 1.82) is 0 Å². The summed E-state index contributed by atoms with van der Waals surface area (Å²) in [7, 11) is 0. The van der Waals surface area contributed by atoms with E-state index in [-0.39, 0.29) is 38.0 Å². The van der Waals surface area contributed by atoms with Gasteiger partial charge in [0.1, 0.15) is 30.3 Å². The highest BCUT2D eigenvalue weighted by Crippen LogP contribution is 2.31. The number of anilines is 1. The molecule has 13 nitrogen and oxygen atoms in total. The van der Waals surface area contributed by atoms with Crippen LogP contribution in [0.2, 0.25) is 0 Å². The highest BCUT2D eigenvalue weighted by Gasteiger charge is 2.24. The predicted molar refractivity (Wildman–Crippen MR) is 160 cm³/mol. The minimum Gasteiger partial charge on any atom is -0.444 e. The van der Waals surface area contributed by atoms with E-state index < -0.39 is 11.7 Å². The van der Waals surface area contributed by atoms with Crippen molar-refractivity contribution < 1.29 is 28.9 Å². The normalized spacial score (nSPS) is 11.3. The van der Waals surface area contributed by atoms with E-state index in [9.17, 15) is 14.7 Å². The van der Waals surface area contributed by atoms with Gasteiger partial charge in [0.2, 0.25) is 0 Å². The van der Waals surface area contributed by atoms with Crippen LogP contribution in [0.3, 0.4) is 0 Å². The molecule has 0 fully saturated rings. The molecule has 0 unspecified atom stereocenters. The van der Waals surface area contributed by atoms with E-state index in [1.165, 1.54) is 0 Å². The highest BCUT2D eigenvalue weighted by molar-refractivity contribution is 6.09. The van der Waals surface area contributed by atoms with Crippen molar-refractivity contribution in [3.63, 3.8) is 0 Å². The molecule has 226 valence electrons. The number of aliphatic hydroxyl groups is 1. The van der Waals surface area contributed by atoms with Crippen molar-refractivity contribution in [2.45, 2.75) is 65.4 Å². The zero-order valence-corrected chi connectivity index (χ0v) is 24.4. The minimum absolute atomic E-state index is 0.0288. The van der Waals surface area contributed by atoms with Gasteiger partial charge in [-0.25, -0.2) is 14.8 Å². The van der Waals surface area contributed by atoms with Crippen LogP contribution >= 0.6 is 0 Å². The van der Waals surface area contributed by atoms with Crippen LogP contribution in [-0.4, -0.2) is 50.5 Å². The predicted octanol–water partition coefficient (Wildman–Crippen LogP) is 6.03. The van der Waals surface area contributed by atoms with Gasteiger partial charge in [0, 0.05) is 29.9 Å². The number of hydrogen-bond donors (Lipinski definition) is 2. The van der Waals surface area contributed by atoms with Gasteiger partial charge < -0.3 is 23.9 Å². The molecule has 4 rings (SSSR count). The number of esters is 1. The van der Waals surface area contributed by atoms with Crippen LogP contribution in [0.15, 0.2) is 53.6 Å². The molecule has 0 radical (unpaired) electrons. The number of hydrogen-bond acceptors (Lipinski definition) is 9. The van der Waals surface area contributed by atoms with Gasteiger partial charge in [0.25, 0.3) is 0 Å². The summed E-state index contributed by atoms with van der Waals surface area (Å²) in [6.45, 7) is 6.61. The van der Waals surface area contributed by atoms with E-state index in [2.05, 4.69) is 20.3 Å². The smallest absolute Gasteiger partial charge is 0.413 e. The van der Waals surface area contributed by atoms with Crippen LogP contribution in [0.1, 0.15) is 51.4 Å². The van der Waals surface area contributed by atoms with Crippen LogP contribution in [0.5, 0.6) is 5.75 Å². The number of pyridine rings is 1. The van der Waals surface area contributed by atoms with Gasteiger partial charge in [-0.2, -0.15) is 0 Å². The summed E-state index contributed by atoms with van der Waals surface area (Å²) in [4.78, 5) is 36.9. The van der Waals surface area contributed by atoms with Crippen LogP contribution in [-0.2, 0) is 34.0 Å². The number of amides is 1. The Morgan fingerprint density at radius 2 is 1.86 bits per heavy atom. The lowest BCUT2D eigenvalue weighted by atomic mass is 10.1. The molecule has 2 aromatic heterocycles. The molecule has 1 amide bonds. The molecule has 0 bridgehead atoms. The van der Waals surface area contributed by atoms with Gasteiger partial charge >= 0.3 is 12.1 Å². The van der Waals surface area contributed by atoms with Gasteiger partial charge in [0.05, 0.1) is 23.2 Å². The summed E-state index contributed by atoms with van der Waals surface area (Å²) in [6, 6.07) is 14.2. The van der Waals surface area contributed by atoms with Crippen molar-refractivity contribution in [3.8, 4) is 5.75 Å². The Bertz CT molecular complexity index is 1620. The second-order valence-electron chi connectivity index (χ2n) is 10.5. The summed E-state index contributed by atoms with van der Waals surface area (Å²) in [5.74, 6) is 0.823. The molecular weight excluding hydrogens is 554 g/mol. The molecule has 2 aromatic carbocycles. The first-order valence-corrected chi connectivity index (χ1v) is 14.0. The van der Waals surface area contributed by atoms with Crippen molar-refractivity contribution in [2.75, 3.05) is 18.5 Å². The maximum Gasteiger partial charge on any atom is 0.413 e. The van der Waals surface area contributed by atoms with Crippen LogP contribution < -0.4 is 10.1 Å². The largest absolute Gasteiger partial charge is 0.444 e. The fourth-order valence-corrected chi connectivity index (χ4v) is 4.44. The molecule has 0 aliphatic rings. The Morgan fingerprint density at radius 3 is 2.58 bits per heavy atom. The summed E-state index contributed by atoms with van der Waals surface area (Å²) >= 11 is 0. The lowest BCUT2D eigenvalue weighted by Gasteiger charge is -2.20. The highest BCUT2D eigenvalue weighted by atomic mass is 16.5. The van der Waals surface area contributed by atoms with Crippen molar-refractivity contribution in [2.24, 2.45) is 5.11 Å². The number of carbonyl (C=O) groups excluding carboxylic acids is 2. The van der Waals surface area contributed by atoms with E-state index in [0.29, 0.717) is 54.2 Å². The number of para-hydroxylation sites is 1. The van der Waals surface area contributed by atoms with Crippen molar-refractivity contribution in [3.05, 3.63) is 70.4 Å². The molecular formula is C30H35N7O6. The molecule has 0 saturated carbocycles. The zero-order valence-electron chi connectivity index (χ0n) is 24.4. The number of rotatable bonds is 14. The lowest BCUT2D eigenvalue weighted by molar-refractivity contribution is -0.134. The fourth-order valence-electron chi connectivity index (χ4n) is 4.44. The third-order valence-corrected chi connectivity index (χ3v) is 6.34. The summed E-state index contributed by atoms with van der Waals surface area (Å²) < 4.78 is 18.3. The van der Waals surface area contributed by atoms with E-state index in [4.69, 9.17) is 24.7 Å². The number of azide groups is 1. The van der Waals surface area contributed by atoms with E-state index in [1.807, 2.05) is 35.8 Å². The lowest BCUT2D eigenvalue weighted by Crippen LogP contribution is -2.27. The molecule has 13 heteroatoms. The monoisotopic (exact) mass is 589 g/mol. The third-order valence-electron chi connectivity index (χ3n) is 6.34. The summed E-state index contributed by atoms with van der Waals surface area (Å²) in [5.41, 5.74) is 9.76. The number of aromatic nitrogens is 3. The Balaban J connectivity index is 1.46. The van der Waals surface area contributed by atoms with Gasteiger partial charge in [-0.3, -0.25) is 10.1 Å². The SMILES string of the molecule is CCOCc1nc2c(NC(=O)OCc3ccc(OC(=O)CCCCN=[N+]=[N-])cc3)nc3ccccc3c2n1CC(C)(C)O. The molecule has 0 spiro atoms. The molecule has 2 N–H and O–H groups in total. The number of benzene rings is 2. The van der Waals surface area contributed by atoms with E-state index in [0.717, 1.165) is 10.9 Å². The van der Waals surface area contributed by atoms with Crippen LogP contribution in [0, 0.1) is 0 Å². The molecule has 0 aliphatic carbocycles. The summed E-state index contributed by atoms with van der Waals surface area (Å²) in [5, 5.41) is 17.6. The number of unbranched alkanes of at least 4 members (excludes halogenated alkanes) is 1. The van der Waals surface area contributed by atoms with E-state index >= 15 is 0 Å². The Labute approximate surface area is 248 Å². The average molecular weight is 590 g/mol. The number of nitrogens with one attached hydrogen (secondary N) is 1. The minimum atomic E-state index is -1.03. The first kappa shape index (κ1) is 31.2. The number of fused-ring (bicyclic) bond motifs is 3. The first-order chi connectivity index (χ1) is 20.7. The van der Waals surface area contributed by atoms with Gasteiger partial charge in [-0.1, -0.05) is 35.4 Å². The van der Waals surface area contributed by atoms with Gasteiger partial charge in [0.15, 0.2) is 5.82 Å². The number of ether oxygens (including phenoxy) is 3. The van der Waals surface area contributed by atoms with Crippen molar-refractivity contribution in [1.82, 2.24) is 14.5 Å². The standard InChI is InChI=1S/C30H35N7O6/c1-4-41-18-24-34-26-27(37(24)19-30(2,3)40)22-9-5-6-10-23(22)33-28(26)35-29(39)42-17-20-12-14-21(15-13-20)43-25(38)11-7-8-16-32-36-31/h5-6,9-10,12-15,40H,4,7-8,11,16-19H2,1-3H3,(H,33,35,39). The molecule has 43 heavy (non-hydrogen) atoms. The van der Waals surface area contributed by atoms with Crippen LogP contribution in [0.25, 0.3) is 32.4 Å². The molecule has 0 saturated heterocycles. The Kier molecular flexibility index (Phi) is 10.5. The molecule has 0 aliphatic heterocycles. The van der Waals surface area contributed by atoms with Gasteiger partial charge in [-0.05, 0) is 62.9 Å². The molecule has 2 heterocycles. The Hall–Kier alpha value is -4.71. The topological polar surface area (TPSA) is 174 Å². The first-order valence-electron chi connectivity index (χ1n) is 14.0. The number of carbonyl (C=O) groups is 2. The zero-order chi connectivity index (χ0) is 30.8. The Morgan fingerprint density at radius 1 is 1.09 bits per heavy atom. The van der Waals surface area contributed by atoms with Gasteiger partial charge in [-0.15, -0.1) is 0 Å². The van der Waals surface area contributed by atoms with Crippen molar-refractivity contribution >= 4 is 39.8 Å². The van der Waals surface area contributed by atoms with E-state index in [1.54, 1.807) is 38.1 Å². The number of nitrogens with zero attached hydrogens (tertiary/aromatic N) is 6.